The molecule has 0 atom stereocenters. The van der Waals surface area contributed by atoms with Crippen LogP contribution in [0.25, 0.3) is 0 Å². The predicted octanol–water partition coefficient (Wildman–Crippen LogP) is 5.65. The highest BCUT2D eigenvalue weighted by molar-refractivity contribution is 5.29. The number of hydrogen-bond donors (Lipinski definition) is 0. The molecule has 0 aliphatic heterocycles. The molecule has 0 radical (unpaired) electrons. The summed E-state index contributed by atoms with van der Waals surface area (Å²) in [5, 5.41) is 0. The first-order valence-electron chi connectivity index (χ1n) is 6.92. The summed E-state index contributed by atoms with van der Waals surface area (Å²) in [6.45, 7) is 8.90. The molecule has 0 saturated heterocycles. The molecule has 0 bridgehead atoms. The van der Waals surface area contributed by atoms with Crippen LogP contribution in [0.4, 0.5) is 0 Å². The molecule has 0 aromatic heterocycles. The van der Waals surface area contributed by atoms with Gasteiger partial charge in [0.2, 0.25) is 0 Å². The molecule has 0 spiro atoms. The van der Waals surface area contributed by atoms with Crippen LogP contribution in [0.5, 0.6) is 0 Å². The normalized spacial score (nSPS) is 11.6. The van der Waals surface area contributed by atoms with Gasteiger partial charge in [-0.3, -0.25) is 0 Å². The molecule has 0 amide bonds. The molecular formula is C19H25-. The van der Waals surface area contributed by atoms with Crippen LogP contribution in [-0.4, -0.2) is 0 Å². The Labute approximate surface area is 118 Å². The lowest BCUT2D eigenvalue weighted by molar-refractivity contribution is 0.529. The molecule has 0 heterocycles. The van der Waals surface area contributed by atoms with Crippen LogP contribution in [-0.2, 0) is 5.41 Å². The summed E-state index contributed by atoms with van der Waals surface area (Å²) in [5.41, 5.74) is 1.42. The van der Waals surface area contributed by atoms with E-state index in [2.05, 4.69) is 76.2 Å². The maximum absolute atomic E-state index is 2.29. The molecule has 0 heteroatoms. The molecule has 0 saturated carbocycles. The Hall–Kier alpha value is -1.56. The molecule has 0 N–H and O–H groups in total. The molecule has 0 unspecified atom stereocenters. The fraction of sp³-hybridized carbons (Fsp3) is 0.316. The van der Waals surface area contributed by atoms with Gasteiger partial charge in [-0.1, -0.05) is 80.1 Å². The lowest BCUT2D eigenvalue weighted by Crippen LogP contribution is -2.24. The van der Waals surface area contributed by atoms with E-state index in [1.807, 2.05) is 18.2 Å². The molecule has 19 heavy (non-hydrogen) atoms. The van der Waals surface area contributed by atoms with E-state index in [0.717, 1.165) is 6.42 Å². The highest BCUT2D eigenvalue weighted by atomic mass is 14.3. The van der Waals surface area contributed by atoms with Crippen LogP contribution < -0.4 is 0 Å². The van der Waals surface area contributed by atoms with Crippen LogP contribution in [0.2, 0.25) is 0 Å². The minimum atomic E-state index is 0.0805. The second-order valence-corrected chi connectivity index (χ2v) is 5.31. The standard InChI is InChI=1S/C19H25/c1-5-6-14-17(2)19(3,4)18-15-12-10-8-7-9-11-13-16-18/h5-13,15-16H,14H2,1-4H3/q-1/b6-5-,8-7?,9-7?,10-8?,11-9?,12-10?,13-11?,15-12?,16-13?,18-15?,18-16?. The van der Waals surface area contributed by atoms with E-state index >= 15 is 0 Å². The van der Waals surface area contributed by atoms with Crippen molar-refractivity contribution in [1.29, 1.82) is 0 Å². The molecule has 0 aliphatic carbocycles. The first-order valence-corrected chi connectivity index (χ1v) is 6.92. The van der Waals surface area contributed by atoms with Crippen molar-refractivity contribution in [3.63, 3.8) is 0 Å². The van der Waals surface area contributed by atoms with Gasteiger partial charge in [0.1, 0.15) is 0 Å². The first-order chi connectivity index (χ1) is 9.09. The van der Waals surface area contributed by atoms with Crippen LogP contribution in [0.15, 0.2) is 66.7 Å². The first kappa shape index (κ1) is 15.5. The lowest BCUT2D eigenvalue weighted by atomic mass is 9.73. The SMILES string of the molecule is C/C=C\C[C-](C)C(C)(C)c1ccccccccc1. The molecule has 0 fully saturated rings. The molecule has 0 nitrogen and oxygen atoms in total. The van der Waals surface area contributed by atoms with E-state index in [1.165, 1.54) is 11.5 Å². The Morgan fingerprint density at radius 1 is 0.947 bits per heavy atom. The van der Waals surface area contributed by atoms with Gasteiger partial charge in [0.05, 0.1) is 0 Å². The van der Waals surface area contributed by atoms with E-state index in [0.29, 0.717) is 0 Å². The van der Waals surface area contributed by atoms with E-state index in [1.54, 1.807) is 0 Å². The maximum atomic E-state index is 2.29. The maximum Gasteiger partial charge on any atom is -0.0471 e. The van der Waals surface area contributed by atoms with Gasteiger partial charge in [-0.15, -0.1) is 11.5 Å². The summed E-state index contributed by atoms with van der Waals surface area (Å²) in [6.07, 6.45) is 5.37. The molecule has 1 rings (SSSR count). The molecule has 1 aromatic carbocycles. The van der Waals surface area contributed by atoms with E-state index < -0.39 is 0 Å². The summed E-state index contributed by atoms with van der Waals surface area (Å²) in [6, 6.07) is 18.9. The Kier molecular flexibility index (Phi) is 6.35. The van der Waals surface area contributed by atoms with Gasteiger partial charge in [0.15, 0.2) is 0 Å². The van der Waals surface area contributed by atoms with Gasteiger partial charge in [-0.05, 0) is 6.92 Å². The fourth-order valence-corrected chi connectivity index (χ4v) is 1.91. The third kappa shape index (κ3) is 4.90. The summed E-state index contributed by atoms with van der Waals surface area (Å²) >= 11 is 0. The highest BCUT2D eigenvalue weighted by Gasteiger charge is 2.14. The molecule has 0 aliphatic rings. The van der Waals surface area contributed by atoms with Crippen LogP contribution >= 0.6 is 0 Å². The highest BCUT2D eigenvalue weighted by Crippen LogP contribution is 2.34. The van der Waals surface area contributed by atoms with Crippen molar-refractivity contribution in [2.24, 2.45) is 0 Å². The van der Waals surface area contributed by atoms with Crippen molar-refractivity contribution in [2.75, 3.05) is 0 Å². The van der Waals surface area contributed by atoms with Gasteiger partial charge in [-0.2, -0.15) is 13.3 Å². The van der Waals surface area contributed by atoms with Crippen molar-refractivity contribution < 1.29 is 0 Å². The van der Waals surface area contributed by atoms with Crippen LogP contribution in [0.3, 0.4) is 0 Å². The van der Waals surface area contributed by atoms with Gasteiger partial charge < -0.3 is 5.92 Å². The van der Waals surface area contributed by atoms with Crippen molar-refractivity contribution in [2.45, 2.75) is 39.5 Å². The largest absolute Gasteiger partial charge is 0.303 e. The Morgan fingerprint density at radius 2 is 1.42 bits per heavy atom. The average Bonchev–Trinajstić information content (AvgIpc) is 2.41. The second kappa shape index (κ2) is 7.78. The van der Waals surface area contributed by atoms with Gasteiger partial charge in [0.25, 0.3) is 0 Å². The number of hydrogen-bond acceptors (Lipinski definition) is 0. The van der Waals surface area contributed by atoms with Crippen LogP contribution in [0, 0.1) is 5.92 Å². The van der Waals surface area contributed by atoms with Gasteiger partial charge in [0, 0.05) is 0 Å². The molecule has 1 aromatic rings. The minimum absolute atomic E-state index is 0.0805. The van der Waals surface area contributed by atoms with E-state index in [9.17, 15) is 0 Å². The van der Waals surface area contributed by atoms with Crippen molar-refractivity contribution in [3.05, 3.63) is 78.2 Å². The van der Waals surface area contributed by atoms with Gasteiger partial charge >= 0.3 is 0 Å². The van der Waals surface area contributed by atoms with E-state index in [4.69, 9.17) is 0 Å². The van der Waals surface area contributed by atoms with Crippen molar-refractivity contribution >= 4 is 0 Å². The quantitative estimate of drug-likeness (QED) is 0.480. The topological polar surface area (TPSA) is 0 Å². The zero-order valence-corrected chi connectivity index (χ0v) is 12.6. The smallest absolute Gasteiger partial charge is 0.0471 e. The zero-order chi connectivity index (χ0) is 14.1. The van der Waals surface area contributed by atoms with E-state index in [-0.39, 0.29) is 5.41 Å². The monoisotopic (exact) mass is 253 g/mol. The third-order valence-electron chi connectivity index (χ3n) is 3.67. The zero-order valence-electron chi connectivity index (χ0n) is 12.6. The number of rotatable bonds is 4. The summed E-state index contributed by atoms with van der Waals surface area (Å²) in [4.78, 5) is 0. The van der Waals surface area contributed by atoms with Gasteiger partial charge in [-0.25, -0.2) is 0 Å². The Bertz CT molecular complexity index is 428. The Balaban J connectivity index is 3.12. The summed E-state index contributed by atoms with van der Waals surface area (Å²) in [5.74, 6) is 1.48. The predicted molar refractivity (Wildman–Crippen MR) is 85.4 cm³/mol. The summed E-state index contributed by atoms with van der Waals surface area (Å²) in [7, 11) is 0. The second-order valence-electron chi connectivity index (χ2n) is 5.31. The Morgan fingerprint density at radius 3 is 1.89 bits per heavy atom. The fourth-order valence-electron chi connectivity index (χ4n) is 1.91. The van der Waals surface area contributed by atoms with Crippen LogP contribution in [0.1, 0.15) is 39.7 Å². The number of allylic oxidation sites excluding steroid dienone is 2. The third-order valence-corrected chi connectivity index (χ3v) is 3.67. The minimum Gasteiger partial charge on any atom is -0.303 e. The molecular weight excluding hydrogens is 228 g/mol. The summed E-state index contributed by atoms with van der Waals surface area (Å²) < 4.78 is 0. The lowest BCUT2D eigenvalue weighted by Gasteiger charge is -2.44. The average molecular weight is 253 g/mol. The van der Waals surface area contributed by atoms with Crippen molar-refractivity contribution in [3.8, 4) is 0 Å². The molecule has 102 valence electrons. The van der Waals surface area contributed by atoms with Crippen molar-refractivity contribution in [1.82, 2.24) is 0 Å².